The minimum atomic E-state index is -0.173. The van der Waals surface area contributed by atoms with Gasteiger partial charge in [0.05, 0.1) is 19.6 Å². The molecule has 3 rings (SSSR count). The number of carbonyl (C=O) groups is 1. The number of hydrogen-bond acceptors (Lipinski definition) is 4. The van der Waals surface area contributed by atoms with Gasteiger partial charge < -0.3 is 9.64 Å². The molecule has 0 atom stereocenters. The number of anilines is 1. The molecule has 148 valence electrons. The quantitative estimate of drug-likeness (QED) is 0.435. The molecule has 0 unspecified atom stereocenters. The minimum Gasteiger partial charge on any atom is -0.378 e. The Hall–Kier alpha value is -1.79. The van der Waals surface area contributed by atoms with E-state index in [4.69, 9.17) is 10.6 Å². The molecule has 1 heterocycles. The van der Waals surface area contributed by atoms with Crippen molar-refractivity contribution >= 4 is 36.4 Å². The number of halogens is 2. The maximum absolute atomic E-state index is 11.3. The summed E-state index contributed by atoms with van der Waals surface area (Å²) in [7, 11) is 0. The lowest BCUT2D eigenvalue weighted by molar-refractivity contribution is -0.120. The van der Waals surface area contributed by atoms with Crippen LogP contribution in [0.5, 0.6) is 0 Å². The largest absolute Gasteiger partial charge is 0.378 e. The topological polar surface area (TPSA) is 67.6 Å². The van der Waals surface area contributed by atoms with Gasteiger partial charge in [-0.25, -0.2) is 5.84 Å². The Morgan fingerprint density at radius 2 is 1.59 bits per heavy atom. The third-order valence-electron chi connectivity index (χ3n) is 4.54. The van der Waals surface area contributed by atoms with E-state index in [1.54, 1.807) is 0 Å². The van der Waals surface area contributed by atoms with Crippen molar-refractivity contribution in [2.45, 2.75) is 19.3 Å². The van der Waals surface area contributed by atoms with Gasteiger partial charge in [-0.15, -0.1) is 24.8 Å². The number of rotatable bonds is 6. The smallest absolute Gasteiger partial charge is 0.238 e. The van der Waals surface area contributed by atoms with E-state index in [9.17, 15) is 4.79 Å². The van der Waals surface area contributed by atoms with Gasteiger partial charge in [-0.2, -0.15) is 0 Å². The highest BCUT2D eigenvalue weighted by atomic mass is 35.5. The monoisotopic (exact) mass is 411 g/mol. The maximum atomic E-state index is 11.3. The Morgan fingerprint density at radius 1 is 0.963 bits per heavy atom. The highest BCUT2D eigenvalue weighted by Crippen LogP contribution is 2.19. The van der Waals surface area contributed by atoms with Crippen molar-refractivity contribution in [2.75, 3.05) is 31.2 Å². The van der Waals surface area contributed by atoms with Gasteiger partial charge in [0, 0.05) is 18.8 Å². The highest BCUT2D eigenvalue weighted by molar-refractivity contribution is 5.85. The van der Waals surface area contributed by atoms with Crippen LogP contribution in [0.1, 0.15) is 16.7 Å². The van der Waals surface area contributed by atoms with Gasteiger partial charge in [-0.3, -0.25) is 10.2 Å². The lowest BCUT2D eigenvalue weighted by Gasteiger charge is -2.29. The van der Waals surface area contributed by atoms with Gasteiger partial charge in [0.1, 0.15) is 0 Å². The summed E-state index contributed by atoms with van der Waals surface area (Å²) in [4.78, 5) is 13.7. The van der Waals surface area contributed by atoms with Crippen LogP contribution in [0.25, 0.3) is 0 Å². The first kappa shape index (κ1) is 23.2. The first-order chi connectivity index (χ1) is 12.2. The SMILES string of the molecule is Cl.Cl.NNC(=O)Cc1ccc(CCc2cccc(N3CCOCC3)c2)cc1. The van der Waals surface area contributed by atoms with Crippen molar-refractivity contribution in [1.82, 2.24) is 5.43 Å². The van der Waals surface area contributed by atoms with Gasteiger partial charge in [-0.1, -0.05) is 36.4 Å². The van der Waals surface area contributed by atoms with Crippen LogP contribution in [0.3, 0.4) is 0 Å². The van der Waals surface area contributed by atoms with Crippen molar-refractivity contribution in [3.63, 3.8) is 0 Å². The van der Waals surface area contributed by atoms with E-state index >= 15 is 0 Å². The molecule has 7 heteroatoms. The van der Waals surface area contributed by atoms with Crippen LogP contribution < -0.4 is 16.2 Å². The van der Waals surface area contributed by atoms with Gasteiger partial charge >= 0.3 is 0 Å². The Kier molecular flexibility index (Phi) is 10.2. The molecule has 0 bridgehead atoms. The molecule has 2 aromatic rings. The Labute approximate surface area is 173 Å². The summed E-state index contributed by atoms with van der Waals surface area (Å²) in [6, 6.07) is 16.9. The van der Waals surface area contributed by atoms with E-state index in [0.717, 1.165) is 44.7 Å². The van der Waals surface area contributed by atoms with E-state index in [-0.39, 0.29) is 30.7 Å². The van der Waals surface area contributed by atoms with Crippen molar-refractivity contribution < 1.29 is 9.53 Å². The maximum Gasteiger partial charge on any atom is 0.238 e. The zero-order chi connectivity index (χ0) is 17.5. The van der Waals surface area contributed by atoms with Gasteiger partial charge in [-0.05, 0) is 41.7 Å². The normalized spacial score (nSPS) is 13.3. The lowest BCUT2D eigenvalue weighted by atomic mass is 10.0. The van der Waals surface area contributed by atoms with Crippen molar-refractivity contribution in [3.8, 4) is 0 Å². The lowest BCUT2D eigenvalue weighted by Crippen LogP contribution is -2.36. The van der Waals surface area contributed by atoms with Crippen LogP contribution in [0.15, 0.2) is 48.5 Å². The second kappa shape index (κ2) is 11.8. The van der Waals surface area contributed by atoms with Crippen LogP contribution in [-0.4, -0.2) is 32.2 Å². The summed E-state index contributed by atoms with van der Waals surface area (Å²) < 4.78 is 5.42. The summed E-state index contributed by atoms with van der Waals surface area (Å²) >= 11 is 0. The van der Waals surface area contributed by atoms with Crippen molar-refractivity contribution in [1.29, 1.82) is 0 Å². The third kappa shape index (κ3) is 7.03. The fraction of sp³-hybridized carbons (Fsp3) is 0.350. The summed E-state index contributed by atoms with van der Waals surface area (Å²) in [5, 5.41) is 0. The van der Waals surface area contributed by atoms with E-state index in [0.29, 0.717) is 6.42 Å². The molecule has 0 saturated carbocycles. The second-order valence-electron chi connectivity index (χ2n) is 6.33. The summed E-state index contributed by atoms with van der Waals surface area (Å²) in [5.41, 5.74) is 7.03. The average molecular weight is 412 g/mol. The molecular formula is C20H27Cl2N3O2. The Balaban J connectivity index is 0.00000182. The zero-order valence-electron chi connectivity index (χ0n) is 15.2. The molecule has 3 N–H and O–H groups in total. The molecular weight excluding hydrogens is 385 g/mol. The minimum absolute atomic E-state index is 0. The molecule has 1 fully saturated rings. The molecule has 0 aliphatic carbocycles. The summed E-state index contributed by atoms with van der Waals surface area (Å²) in [6.45, 7) is 3.53. The average Bonchev–Trinajstić information content (AvgIpc) is 2.68. The zero-order valence-corrected chi connectivity index (χ0v) is 16.9. The van der Waals surface area contributed by atoms with Crippen molar-refractivity contribution in [2.24, 2.45) is 5.84 Å². The molecule has 1 amide bonds. The predicted molar refractivity (Wildman–Crippen MR) is 114 cm³/mol. The number of aryl methyl sites for hydroxylation is 2. The fourth-order valence-corrected chi connectivity index (χ4v) is 3.08. The third-order valence-corrected chi connectivity index (χ3v) is 4.54. The molecule has 0 spiro atoms. The first-order valence-electron chi connectivity index (χ1n) is 8.73. The molecule has 2 aromatic carbocycles. The number of benzene rings is 2. The Bertz CT molecular complexity index is 705. The van der Waals surface area contributed by atoms with Crippen LogP contribution in [-0.2, 0) is 28.8 Å². The molecule has 27 heavy (non-hydrogen) atoms. The number of ether oxygens (including phenoxy) is 1. The van der Waals surface area contributed by atoms with E-state index in [1.165, 1.54) is 16.8 Å². The molecule has 1 aliphatic heterocycles. The number of morpholine rings is 1. The molecule has 0 radical (unpaired) electrons. The van der Waals surface area contributed by atoms with Crippen molar-refractivity contribution in [3.05, 3.63) is 65.2 Å². The number of nitrogens with zero attached hydrogens (tertiary/aromatic N) is 1. The predicted octanol–water partition coefficient (Wildman–Crippen LogP) is 2.68. The van der Waals surface area contributed by atoms with Crippen LogP contribution in [0.4, 0.5) is 5.69 Å². The number of carbonyl (C=O) groups excluding carboxylic acids is 1. The standard InChI is InChI=1S/C20H25N3O2.2ClH/c21-22-20(24)15-18-8-5-16(6-9-18)4-7-17-2-1-3-19(14-17)23-10-12-25-13-11-23;;/h1-3,5-6,8-9,14H,4,7,10-13,15,21H2,(H,22,24);2*1H. The van der Waals surface area contributed by atoms with E-state index < -0.39 is 0 Å². The van der Waals surface area contributed by atoms with Gasteiger partial charge in [0.25, 0.3) is 0 Å². The number of hydrazine groups is 1. The van der Waals surface area contributed by atoms with Gasteiger partial charge in [0.15, 0.2) is 0 Å². The number of nitrogens with one attached hydrogen (secondary N) is 1. The molecule has 0 aromatic heterocycles. The molecule has 1 saturated heterocycles. The first-order valence-corrected chi connectivity index (χ1v) is 8.73. The number of nitrogens with two attached hydrogens (primary N) is 1. The summed E-state index contributed by atoms with van der Waals surface area (Å²) in [6.07, 6.45) is 2.30. The van der Waals surface area contributed by atoms with E-state index in [1.807, 2.05) is 12.1 Å². The molecule has 5 nitrogen and oxygen atoms in total. The van der Waals surface area contributed by atoms with Crippen LogP contribution in [0.2, 0.25) is 0 Å². The van der Waals surface area contributed by atoms with Gasteiger partial charge in [0.2, 0.25) is 5.91 Å². The number of amides is 1. The highest BCUT2D eigenvalue weighted by Gasteiger charge is 2.11. The molecule has 1 aliphatic rings. The second-order valence-corrected chi connectivity index (χ2v) is 6.33. The summed E-state index contributed by atoms with van der Waals surface area (Å²) in [5.74, 6) is 4.94. The fourth-order valence-electron chi connectivity index (χ4n) is 3.08. The number of hydrogen-bond donors (Lipinski definition) is 2. The van der Waals surface area contributed by atoms with E-state index in [2.05, 4.69) is 46.7 Å². The van der Waals surface area contributed by atoms with Crippen LogP contribution >= 0.6 is 24.8 Å². The van der Waals surface area contributed by atoms with Crippen LogP contribution in [0, 0.1) is 0 Å². The Morgan fingerprint density at radius 3 is 2.26 bits per heavy atom.